The molecule has 0 saturated heterocycles. The Morgan fingerprint density at radius 2 is 1.09 bits per heavy atom. The molecule has 3 heteroatoms. The molecular weight excluding hydrogens is 408 g/mol. The third-order valence-electron chi connectivity index (χ3n) is 6.97. The van der Waals surface area contributed by atoms with Crippen LogP contribution in [-0.4, -0.2) is 18.5 Å². The summed E-state index contributed by atoms with van der Waals surface area (Å²) in [5, 5.41) is 11.9. The number of rotatable bonds is 2. The molecular formula is C30H16O3. The van der Waals surface area contributed by atoms with Crippen molar-refractivity contribution >= 4 is 76.5 Å². The molecule has 0 amide bonds. The zero-order valence-corrected chi connectivity index (χ0v) is 17.8. The van der Waals surface area contributed by atoms with Crippen molar-refractivity contribution in [3.63, 3.8) is 0 Å². The number of carbonyl (C=O) groups excluding carboxylic acids is 2. The van der Waals surface area contributed by atoms with Gasteiger partial charge >= 0.3 is 0 Å². The number of ether oxygens (including phenoxy) is 1. The summed E-state index contributed by atoms with van der Waals surface area (Å²) in [5.41, 5.74) is 0. The number of hydrogen-bond donors (Lipinski definition) is 0. The Labute approximate surface area is 187 Å². The summed E-state index contributed by atoms with van der Waals surface area (Å²) < 4.78 is 6.01. The molecule has 0 fully saturated rings. The minimum Gasteiger partial charge on any atom is -0.493 e. The Morgan fingerprint density at radius 3 is 1.67 bits per heavy atom. The fourth-order valence-electron chi connectivity index (χ4n) is 5.86. The fourth-order valence-corrected chi connectivity index (χ4v) is 5.86. The summed E-state index contributed by atoms with van der Waals surface area (Å²) >= 11 is 0. The van der Waals surface area contributed by atoms with Crippen molar-refractivity contribution < 1.29 is 14.3 Å². The Balaban J connectivity index is 1.98. The van der Waals surface area contributed by atoms with Gasteiger partial charge in [-0.3, -0.25) is 0 Å². The highest BCUT2D eigenvalue weighted by Gasteiger charge is 2.23. The van der Waals surface area contributed by atoms with Gasteiger partial charge < -0.3 is 4.74 Å². The van der Waals surface area contributed by atoms with Crippen LogP contribution in [0.3, 0.4) is 0 Å². The van der Waals surface area contributed by atoms with Crippen LogP contribution in [0, 0.1) is 0 Å². The van der Waals surface area contributed by atoms with E-state index in [1.807, 2.05) is 61.5 Å². The van der Waals surface area contributed by atoms with E-state index >= 15 is 0 Å². The van der Waals surface area contributed by atoms with Crippen LogP contribution in [0.1, 0.15) is 6.92 Å². The molecule has 0 saturated carbocycles. The number of benzene rings is 5. The lowest BCUT2D eigenvalue weighted by atomic mass is 10.0. The summed E-state index contributed by atoms with van der Waals surface area (Å²) in [4.78, 5) is 25.3. The molecule has 0 aliphatic carbocycles. The molecule has 0 unspecified atom stereocenters. The maximum Gasteiger partial charge on any atom is 0.133 e. The highest BCUT2D eigenvalue weighted by atomic mass is 16.5. The molecule has 0 N–H and O–H groups in total. The van der Waals surface area contributed by atoms with Crippen molar-refractivity contribution in [2.45, 2.75) is 6.92 Å². The summed E-state index contributed by atoms with van der Waals surface area (Å²) in [6.45, 7) is 2.44. The van der Waals surface area contributed by atoms with Crippen LogP contribution in [0.5, 0.6) is 5.75 Å². The average Bonchev–Trinajstić information content (AvgIpc) is 3.37. The highest BCUT2D eigenvalue weighted by Crippen LogP contribution is 2.43. The van der Waals surface area contributed by atoms with Crippen LogP contribution < -0.4 is 15.2 Å². The predicted octanol–water partition coefficient (Wildman–Crippen LogP) is 4.89. The molecule has 0 bridgehead atoms. The van der Waals surface area contributed by atoms with Gasteiger partial charge in [-0.2, -0.15) is 0 Å². The molecule has 7 aromatic rings. The SMILES string of the molecule is CCOc1ccc2cccc3c4c(=C=O)c5c6cccc7cccc(c5c(=C=O)c4c1c23)c76. The Hall–Kier alpha value is -4.42. The lowest BCUT2D eigenvalue weighted by molar-refractivity contribution is 0.344. The maximum atomic E-state index is 12.7. The van der Waals surface area contributed by atoms with Gasteiger partial charge in [-0.25, -0.2) is 9.59 Å². The van der Waals surface area contributed by atoms with Crippen LogP contribution >= 0.6 is 0 Å². The van der Waals surface area contributed by atoms with Crippen molar-refractivity contribution in [3.05, 3.63) is 77.2 Å². The molecule has 154 valence electrons. The van der Waals surface area contributed by atoms with Crippen molar-refractivity contribution in [2.75, 3.05) is 6.61 Å². The van der Waals surface area contributed by atoms with E-state index in [-0.39, 0.29) is 0 Å². The topological polar surface area (TPSA) is 43.4 Å². The van der Waals surface area contributed by atoms with Crippen LogP contribution in [0.25, 0.3) is 64.6 Å². The number of hydrogen-bond acceptors (Lipinski definition) is 3. The van der Waals surface area contributed by atoms with E-state index in [1.165, 1.54) is 0 Å². The van der Waals surface area contributed by atoms with Crippen LogP contribution in [0.15, 0.2) is 66.7 Å². The minimum atomic E-state index is 0.479. The van der Waals surface area contributed by atoms with Crippen molar-refractivity contribution in [2.24, 2.45) is 0 Å². The van der Waals surface area contributed by atoms with E-state index in [2.05, 4.69) is 24.0 Å². The molecule has 7 aromatic carbocycles. The van der Waals surface area contributed by atoms with Crippen molar-refractivity contribution in [1.29, 1.82) is 0 Å². The molecule has 7 rings (SSSR count). The van der Waals surface area contributed by atoms with Crippen molar-refractivity contribution in [1.82, 2.24) is 0 Å². The molecule has 3 nitrogen and oxygen atoms in total. The molecule has 0 heterocycles. The molecule has 0 atom stereocenters. The van der Waals surface area contributed by atoms with Gasteiger partial charge in [0.05, 0.1) is 17.0 Å². The van der Waals surface area contributed by atoms with Gasteiger partial charge in [-0.15, -0.1) is 0 Å². The first-order chi connectivity index (χ1) is 16.3. The van der Waals surface area contributed by atoms with Gasteiger partial charge in [-0.1, -0.05) is 60.7 Å². The molecule has 0 aliphatic rings. The second-order valence-corrected chi connectivity index (χ2v) is 8.44. The average molecular weight is 424 g/mol. The van der Waals surface area contributed by atoms with Crippen LogP contribution in [0.2, 0.25) is 0 Å². The predicted molar refractivity (Wildman–Crippen MR) is 134 cm³/mol. The van der Waals surface area contributed by atoms with Crippen LogP contribution in [-0.2, 0) is 9.59 Å². The highest BCUT2D eigenvalue weighted by molar-refractivity contribution is 6.39. The monoisotopic (exact) mass is 424 g/mol. The lowest BCUT2D eigenvalue weighted by Crippen LogP contribution is -2.15. The fraction of sp³-hybridized carbons (Fsp3) is 0.0667. The molecule has 0 aromatic heterocycles. The third kappa shape index (κ3) is 2.06. The Morgan fingerprint density at radius 1 is 0.576 bits per heavy atom. The third-order valence-corrected chi connectivity index (χ3v) is 6.97. The summed E-state index contributed by atoms with van der Waals surface area (Å²) in [6, 6.07) is 22.1. The minimum absolute atomic E-state index is 0.479. The normalized spacial score (nSPS) is 11.9. The van der Waals surface area contributed by atoms with Gasteiger partial charge in [0.25, 0.3) is 0 Å². The molecule has 0 spiro atoms. The van der Waals surface area contributed by atoms with Gasteiger partial charge in [0.2, 0.25) is 0 Å². The molecule has 33 heavy (non-hydrogen) atoms. The van der Waals surface area contributed by atoms with Crippen molar-refractivity contribution in [3.8, 4) is 5.75 Å². The molecule has 0 aliphatic heterocycles. The van der Waals surface area contributed by atoms with E-state index in [1.54, 1.807) is 0 Å². The van der Waals surface area contributed by atoms with Crippen LogP contribution in [0.4, 0.5) is 0 Å². The second kappa shape index (κ2) is 6.31. The smallest absolute Gasteiger partial charge is 0.133 e. The summed E-state index contributed by atoms with van der Waals surface area (Å²) in [7, 11) is 0. The van der Waals surface area contributed by atoms with Gasteiger partial charge in [0, 0.05) is 32.3 Å². The quantitative estimate of drug-likeness (QED) is 0.397. The zero-order valence-electron chi connectivity index (χ0n) is 17.8. The van der Waals surface area contributed by atoms with E-state index in [0.717, 1.165) is 64.6 Å². The van der Waals surface area contributed by atoms with Gasteiger partial charge in [0.15, 0.2) is 0 Å². The zero-order chi connectivity index (χ0) is 22.3. The Kier molecular flexibility index (Phi) is 3.47. The summed E-state index contributed by atoms with van der Waals surface area (Å²) in [5.74, 6) is 5.24. The lowest BCUT2D eigenvalue weighted by Gasteiger charge is -2.07. The second-order valence-electron chi connectivity index (χ2n) is 8.44. The Bertz CT molecular complexity index is 2090. The first kappa shape index (κ1) is 18.2. The number of fused-ring (bicyclic) bond motifs is 6. The summed E-state index contributed by atoms with van der Waals surface area (Å²) in [6.07, 6.45) is 0. The van der Waals surface area contributed by atoms with E-state index in [4.69, 9.17) is 4.74 Å². The van der Waals surface area contributed by atoms with E-state index in [0.29, 0.717) is 22.8 Å². The first-order valence-electron chi connectivity index (χ1n) is 11.0. The van der Waals surface area contributed by atoms with Gasteiger partial charge in [0.1, 0.15) is 17.6 Å². The first-order valence-corrected chi connectivity index (χ1v) is 11.0. The van der Waals surface area contributed by atoms with Gasteiger partial charge in [-0.05, 0) is 45.3 Å². The van der Waals surface area contributed by atoms with E-state index < -0.39 is 0 Å². The van der Waals surface area contributed by atoms with E-state index in [9.17, 15) is 9.59 Å². The largest absolute Gasteiger partial charge is 0.493 e. The maximum absolute atomic E-state index is 12.7. The standard InChI is InChI=1S/C30H16O3/c1-2-33-23-13-12-17-8-5-11-20-25(17)30(23)29-22(15-32)27-19-10-4-7-16-6-3-9-18(24(16)19)26(27)21(14-31)28(20)29/h3-13H,2H2,1H3. The molecule has 0 radical (unpaired) electrons.